The van der Waals surface area contributed by atoms with E-state index in [9.17, 15) is 46.1 Å². The Balaban J connectivity index is 0.000000642. The van der Waals surface area contributed by atoms with Crippen LogP contribution in [0.5, 0.6) is 11.5 Å². The van der Waals surface area contributed by atoms with Gasteiger partial charge in [0.15, 0.2) is 0 Å². The van der Waals surface area contributed by atoms with E-state index < -0.39 is 47.3 Å². The smallest absolute Gasteiger partial charge is 1.00 e. The van der Waals surface area contributed by atoms with Crippen LogP contribution in [0.1, 0.15) is 74.8 Å². The van der Waals surface area contributed by atoms with Crippen molar-refractivity contribution >= 4 is 49.7 Å². The summed E-state index contributed by atoms with van der Waals surface area (Å²) in [7, 11) is 0. The minimum absolute atomic E-state index is 0. The molecule has 0 aliphatic carbocycles. The van der Waals surface area contributed by atoms with Gasteiger partial charge in [0.25, 0.3) is 0 Å². The molecule has 2 atom stereocenters. The van der Waals surface area contributed by atoms with Gasteiger partial charge in [-0.3, -0.25) is 0 Å². The summed E-state index contributed by atoms with van der Waals surface area (Å²) in [6.07, 6.45) is -9.09. The Morgan fingerprint density at radius 1 is 0.530 bits per heavy atom. The second kappa shape index (κ2) is 25.5. The molecule has 14 heteroatoms. The summed E-state index contributed by atoms with van der Waals surface area (Å²) in [4.78, 5) is 21.8. The molecule has 0 bridgehead atoms. The third kappa shape index (κ3) is 16.6. The van der Waals surface area contributed by atoms with Crippen molar-refractivity contribution in [3.8, 4) is 57.4 Å². The van der Waals surface area contributed by atoms with Crippen LogP contribution in [0.15, 0.2) is 146 Å². The van der Waals surface area contributed by atoms with Crippen LogP contribution in [0, 0.1) is 23.7 Å². The number of halogens is 6. The predicted octanol–water partition coefficient (Wildman–Crippen LogP) is 9.42. The van der Waals surface area contributed by atoms with Gasteiger partial charge >= 0.3 is 50.1 Å². The molecule has 7 nitrogen and oxygen atoms in total. The van der Waals surface area contributed by atoms with Gasteiger partial charge in [0.05, 0.1) is 23.0 Å². The number of ether oxygens (including phenoxy) is 2. The molecule has 0 aliphatic heterocycles. The summed E-state index contributed by atoms with van der Waals surface area (Å²) < 4.78 is 88.2. The summed E-state index contributed by atoms with van der Waals surface area (Å²) in [5, 5.41) is 21.8. The van der Waals surface area contributed by atoms with Gasteiger partial charge in [0, 0.05) is 24.8 Å². The van der Waals surface area contributed by atoms with Gasteiger partial charge in [0.1, 0.15) is 24.7 Å². The normalized spacial score (nSPS) is 11.5. The zero-order valence-electron chi connectivity index (χ0n) is 37.8. The average molecular weight is 935 g/mol. The van der Waals surface area contributed by atoms with Crippen molar-refractivity contribution < 1.29 is 63.9 Å². The molecule has 0 heterocycles. The number of benzene rings is 6. The minimum atomic E-state index is -4.36. The largest absolute Gasteiger partial charge is 2.00 e. The fraction of sp³-hybridized carbons (Fsp3) is 0.192. The van der Waals surface area contributed by atoms with Crippen molar-refractivity contribution in [3.05, 3.63) is 179 Å². The van der Waals surface area contributed by atoms with Gasteiger partial charge in [0.2, 0.25) is 0 Å². The SMILES string of the molecule is CC#C[C@@H](CC(=O)[O-])c1ccc(OCc2cccc(-c3ccc(C(F)(F)F)cc3)c2)cc1.CC#C[C@@H](CC(=O)[O-])c1ccc(OCc2cccc(-c3ccc(C(F)(F)F)cc3)c2)cc1.O.[Ca+2].[H-].[H-]. The fourth-order valence-electron chi connectivity index (χ4n) is 6.50. The first kappa shape index (κ1) is 54.1. The Kier molecular flexibility index (Phi) is 20.9. The van der Waals surface area contributed by atoms with E-state index in [1.807, 2.05) is 48.5 Å². The molecular weight excluding hydrogens is 891 g/mol. The number of alkyl halides is 6. The topological polar surface area (TPSA) is 130 Å². The predicted molar refractivity (Wildman–Crippen MR) is 239 cm³/mol. The number of aliphatic carboxylic acids is 2. The molecule has 0 saturated carbocycles. The molecule has 0 aromatic heterocycles. The summed E-state index contributed by atoms with van der Waals surface area (Å²) in [6, 6.07) is 38.9. The third-order valence-corrected chi connectivity index (χ3v) is 9.70. The van der Waals surface area contributed by atoms with Crippen molar-refractivity contribution in [2.75, 3.05) is 0 Å². The molecule has 6 aromatic rings. The van der Waals surface area contributed by atoms with E-state index in [0.29, 0.717) is 22.6 Å². The minimum Gasteiger partial charge on any atom is -1.00 e. The first-order chi connectivity index (χ1) is 30.5. The van der Waals surface area contributed by atoms with E-state index in [-0.39, 0.29) is 72.1 Å². The van der Waals surface area contributed by atoms with Crippen molar-refractivity contribution in [1.82, 2.24) is 0 Å². The maximum atomic E-state index is 12.8. The molecule has 0 aliphatic rings. The molecule has 340 valence electrons. The summed E-state index contributed by atoms with van der Waals surface area (Å²) >= 11 is 0. The Hall–Kier alpha value is -6.22. The van der Waals surface area contributed by atoms with E-state index in [4.69, 9.17) is 9.47 Å². The molecule has 0 radical (unpaired) electrons. The summed E-state index contributed by atoms with van der Waals surface area (Å²) in [5.41, 5.74) is 4.82. The number of hydrogen-bond donors (Lipinski definition) is 0. The van der Waals surface area contributed by atoms with Crippen LogP contribution in [-0.4, -0.2) is 55.2 Å². The van der Waals surface area contributed by atoms with Gasteiger partial charge in [-0.1, -0.05) is 96.8 Å². The maximum Gasteiger partial charge on any atom is 2.00 e. The molecule has 6 rings (SSSR count). The van der Waals surface area contributed by atoms with Crippen LogP contribution in [0.4, 0.5) is 26.3 Å². The second-order valence-electron chi connectivity index (χ2n) is 14.3. The standard InChI is InChI=1S/2C26H21F3O3.Ca.H2O.2H/c2*1-2-4-21(16-25(30)31)20-9-13-24(14-10-20)32-17-18-5-3-6-22(15-18)19-7-11-23(12-8-19)26(27,28)29;;;;/h2*3,5-15,21H,16-17H2,1H3,(H,30,31);;1H2;;/q;;+2;;2*-1/p-2/t2*21-;;;;/m00..../s1. The molecule has 0 fully saturated rings. The molecule has 0 saturated heterocycles. The van der Waals surface area contributed by atoms with Crippen molar-refractivity contribution in [1.29, 1.82) is 0 Å². The molecule has 0 amide bonds. The van der Waals surface area contributed by atoms with E-state index >= 15 is 0 Å². The third-order valence-electron chi connectivity index (χ3n) is 9.70. The molecule has 0 unspecified atom stereocenters. The van der Waals surface area contributed by atoms with E-state index in [2.05, 4.69) is 23.7 Å². The van der Waals surface area contributed by atoms with Crippen LogP contribution < -0.4 is 19.7 Å². The van der Waals surface area contributed by atoms with Gasteiger partial charge in [-0.2, -0.15) is 26.3 Å². The molecule has 66 heavy (non-hydrogen) atoms. The van der Waals surface area contributed by atoms with Crippen LogP contribution in [0.25, 0.3) is 22.3 Å². The van der Waals surface area contributed by atoms with Crippen LogP contribution in [0.2, 0.25) is 0 Å². The maximum absolute atomic E-state index is 12.8. The first-order valence-electron chi connectivity index (χ1n) is 19.7. The number of carboxylic acid groups (broad SMARTS) is 2. The number of carbonyl (C=O) groups excluding carboxylic acids is 2. The molecule has 6 aromatic carbocycles. The van der Waals surface area contributed by atoms with Crippen LogP contribution >= 0.6 is 0 Å². The molecule has 2 N–H and O–H groups in total. The van der Waals surface area contributed by atoms with Gasteiger partial charge < -0.3 is 37.6 Å². The van der Waals surface area contributed by atoms with Gasteiger partial charge in [-0.15, -0.1) is 11.8 Å². The zero-order valence-corrected chi connectivity index (χ0v) is 38.0. The van der Waals surface area contributed by atoms with Gasteiger partial charge in [-0.05, 0) is 119 Å². The van der Waals surface area contributed by atoms with Crippen LogP contribution in [-0.2, 0) is 35.2 Å². The summed E-state index contributed by atoms with van der Waals surface area (Å²) in [5.74, 6) is 9.19. The molecule has 0 spiro atoms. The molecular formula is C52H44CaF6O7-2. The van der Waals surface area contributed by atoms with Gasteiger partial charge in [-0.25, -0.2) is 0 Å². The number of carboxylic acids is 2. The zero-order chi connectivity index (χ0) is 46.3. The van der Waals surface area contributed by atoms with Crippen molar-refractivity contribution in [2.24, 2.45) is 0 Å². The van der Waals surface area contributed by atoms with E-state index in [1.165, 1.54) is 24.3 Å². The fourth-order valence-corrected chi connectivity index (χ4v) is 6.50. The van der Waals surface area contributed by atoms with E-state index in [1.54, 1.807) is 62.4 Å². The quantitative estimate of drug-likeness (QED) is 0.0608. The summed E-state index contributed by atoms with van der Waals surface area (Å²) in [6.45, 7) is 3.84. The Morgan fingerprint density at radius 2 is 0.864 bits per heavy atom. The monoisotopic (exact) mass is 934 g/mol. The van der Waals surface area contributed by atoms with Crippen LogP contribution in [0.3, 0.4) is 0 Å². The second-order valence-corrected chi connectivity index (χ2v) is 14.3. The van der Waals surface area contributed by atoms with E-state index in [0.717, 1.165) is 57.6 Å². The number of rotatable bonds is 14. The Bertz CT molecular complexity index is 2450. The first-order valence-corrected chi connectivity index (χ1v) is 19.7. The van der Waals surface area contributed by atoms with Crippen molar-refractivity contribution in [3.63, 3.8) is 0 Å². The average Bonchev–Trinajstić information content (AvgIpc) is 3.27. The Labute approximate surface area is 411 Å². The van der Waals surface area contributed by atoms with Crippen molar-refractivity contribution in [2.45, 2.75) is 64.1 Å². The number of hydrogen-bond acceptors (Lipinski definition) is 6. The number of carbonyl (C=O) groups is 2. The Morgan fingerprint density at radius 3 is 1.15 bits per heavy atom.